The second-order valence-corrected chi connectivity index (χ2v) is 4.75. The molecule has 1 unspecified atom stereocenters. The number of nitrogens with zero attached hydrogens (tertiary/aromatic N) is 1. The van der Waals surface area contributed by atoms with E-state index < -0.39 is 0 Å². The zero-order chi connectivity index (χ0) is 12.1. The quantitative estimate of drug-likeness (QED) is 0.845. The lowest BCUT2D eigenvalue weighted by molar-refractivity contribution is 0.626. The molecule has 1 aromatic carbocycles. The van der Waals surface area contributed by atoms with E-state index in [9.17, 15) is 4.39 Å². The van der Waals surface area contributed by atoms with Crippen LogP contribution in [0.5, 0.6) is 0 Å². The van der Waals surface area contributed by atoms with Crippen LogP contribution < -0.4 is 5.73 Å². The Balaban J connectivity index is 1.93. The molecule has 0 bridgehead atoms. The smallest absolute Gasteiger partial charge is 0.123 e. The molecule has 2 nitrogen and oxygen atoms in total. The number of halogens is 1. The van der Waals surface area contributed by atoms with Gasteiger partial charge < -0.3 is 5.73 Å². The third-order valence-corrected chi connectivity index (χ3v) is 3.51. The van der Waals surface area contributed by atoms with Gasteiger partial charge in [-0.25, -0.2) is 4.39 Å². The Bertz CT molecular complexity index is 459. The third-order valence-electron chi connectivity index (χ3n) is 2.38. The molecule has 2 N–H and O–H groups in total. The topological polar surface area (TPSA) is 38.9 Å². The molecule has 1 atom stereocenters. The van der Waals surface area contributed by atoms with Gasteiger partial charge in [-0.05, 0) is 29.8 Å². The molecule has 0 radical (unpaired) electrons. The molecule has 1 heterocycles. The van der Waals surface area contributed by atoms with Crippen LogP contribution in [-0.4, -0.2) is 10.7 Å². The van der Waals surface area contributed by atoms with Crippen molar-refractivity contribution in [2.45, 2.75) is 10.9 Å². The Labute approximate surface area is 104 Å². The van der Waals surface area contributed by atoms with Gasteiger partial charge in [0.05, 0.1) is 0 Å². The van der Waals surface area contributed by atoms with E-state index >= 15 is 0 Å². The number of rotatable bonds is 4. The normalized spacial score (nSPS) is 12.4. The molecule has 2 aromatic rings. The molecule has 0 saturated heterocycles. The number of hydrogen-bond acceptors (Lipinski definition) is 3. The molecule has 0 spiro atoms. The average Bonchev–Trinajstić information content (AvgIpc) is 2.38. The lowest BCUT2D eigenvalue weighted by Crippen LogP contribution is -2.12. The molecule has 0 fully saturated rings. The number of benzene rings is 1. The molecule has 0 amide bonds. The van der Waals surface area contributed by atoms with Crippen molar-refractivity contribution in [3.05, 3.63) is 60.2 Å². The van der Waals surface area contributed by atoms with Gasteiger partial charge >= 0.3 is 0 Å². The van der Waals surface area contributed by atoms with Gasteiger partial charge in [0.25, 0.3) is 0 Å². The highest BCUT2D eigenvalue weighted by Crippen LogP contribution is 2.22. The van der Waals surface area contributed by atoms with Gasteiger partial charge in [-0.2, -0.15) is 0 Å². The number of pyridine rings is 1. The molecule has 88 valence electrons. The highest BCUT2D eigenvalue weighted by molar-refractivity contribution is 7.99. The SMILES string of the molecule is NC(CSc1ccncc1)c1ccc(F)cc1. The lowest BCUT2D eigenvalue weighted by atomic mass is 10.1. The average molecular weight is 248 g/mol. The Hall–Kier alpha value is -1.39. The first-order valence-corrected chi connectivity index (χ1v) is 6.28. The van der Waals surface area contributed by atoms with Crippen LogP contribution in [0.2, 0.25) is 0 Å². The summed E-state index contributed by atoms with van der Waals surface area (Å²) in [7, 11) is 0. The summed E-state index contributed by atoms with van der Waals surface area (Å²) in [5, 5.41) is 0. The largest absolute Gasteiger partial charge is 0.323 e. The lowest BCUT2D eigenvalue weighted by Gasteiger charge is -2.11. The van der Waals surface area contributed by atoms with Gasteiger partial charge in [-0.3, -0.25) is 4.98 Å². The summed E-state index contributed by atoms with van der Waals surface area (Å²) < 4.78 is 12.7. The van der Waals surface area contributed by atoms with E-state index in [-0.39, 0.29) is 11.9 Å². The van der Waals surface area contributed by atoms with E-state index in [4.69, 9.17) is 5.73 Å². The standard InChI is InChI=1S/C13H13FN2S/c14-11-3-1-10(2-4-11)13(15)9-17-12-5-7-16-8-6-12/h1-8,13H,9,15H2. The van der Waals surface area contributed by atoms with E-state index in [0.717, 1.165) is 16.2 Å². The van der Waals surface area contributed by atoms with Crippen molar-refractivity contribution >= 4 is 11.8 Å². The van der Waals surface area contributed by atoms with Crippen molar-refractivity contribution in [2.75, 3.05) is 5.75 Å². The Morgan fingerprint density at radius 1 is 1.12 bits per heavy atom. The van der Waals surface area contributed by atoms with Crippen LogP contribution in [0.25, 0.3) is 0 Å². The maximum absolute atomic E-state index is 12.7. The highest BCUT2D eigenvalue weighted by atomic mass is 32.2. The predicted octanol–water partition coefficient (Wildman–Crippen LogP) is 3.01. The maximum Gasteiger partial charge on any atom is 0.123 e. The molecule has 0 aliphatic heterocycles. The first-order chi connectivity index (χ1) is 8.25. The van der Waals surface area contributed by atoms with Crippen molar-refractivity contribution in [2.24, 2.45) is 5.73 Å². The number of thioether (sulfide) groups is 1. The van der Waals surface area contributed by atoms with Crippen LogP contribution in [-0.2, 0) is 0 Å². The van der Waals surface area contributed by atoms with E-state index in [1.807, 2.05) is 12.1 Å². The van der Waals surface area contributed by atoms with Gasteiger partial charge in [-0.15, -0.1) is 11.8 Å². The number of nitrogens with two attached hydrogens (primary N) is 1. The first kappa shape index (κ1) is 12.1. The van der Waals surface area contributed by atoms with Gasteiger partial charge in [0, 0.05) is 29.1 Å². The zero-order valence-electron chi connectivity index (χ0n) is 9.21. The minimum absolute atomic E-state index is 0.0891. The van der Waals surface area contributed by atoms with Crippen LogP contribution in [0.15, 0.2) is 53.7 Å². The second-order valence-electron chi connectivity index (χ2n) is 3.65. The first-order valence-electron chi connectivity index (χ1n) is 5.29. The highest BCUT2D eigenvalue weighted by Gasteiger charge is 2.06. The Morgan fingerprint density at radius 3 is 2.41 bits per heavy atom. The molecular weight excluding hydrogens is 235 g/mol. The molecule has 0 aliphatic carbocycles. The van der Waals surface area contributed by atoms with Gasteiger partial charge in [0.2, 0.25) is 0 Å². The summed E-state index contributed by atoms with van der Waals surface area (Å²) in [5.74, 6) is 0.526. The monoisotopic (exact) mass is 248 g/mol. The van der Waals surface area contributed by atoms with E-state index in [1.54, 1.807) is 36.3 Å². The fourth-order valence-electron chi connectivity index (χ4n) is 1.43. The van der Waals surface area contributed by atoms with E-state index in [2.05, 4.69) is 4.98 Å². The van der Waals surface area contributed by atoms with Gasteiger partial charge in [-0.1, -0.05) is 12.1 Å². The molecule has 17 heavy (non-hydrogen) atoms. The van der Waals surface area contributed by atoms with Crippen LogP contribution in [0.4, 0.5) is 4.39 Å². The molecule has 1 aromatic heterocycles. The van der Waals surface area contributed by atoms with Crippen molar-refractivity contribution < 1.29 is 4.39 Å². The van der Waals surface area contributed by atoms with Gasteiger partial charge in [0.15, 0.2) is 0 Å². The maximum atomic E-state index is 12.7. The molecule has 2 rings (SSSR count). The van der Waals surface area contributed by atoms with E-state index in [1.165, 1.54) is 12.1 Å². The van der Waals surface area contributed by atoms with Crippen molar-refractivity contribution in [3.8, 4) is 0 Å². The van der Waals surface area contributed by atoms with Crippen LogP contribution in [0.1, 0.15) is 11.6 Å². The zero-order valence-corrected chi connectivity index (χ0v) is 10.0. The van der Waals surface area contributed by atoms with Crippen LogP contribution in [0.3, 0.4) is 0 Å². The number of hydrogen-bond donors (Lipinski definition) is 1. The number of aromatic nitrogens is 1. The summed E-state index contributed by atoms with van der Waals surface area (Å²) in [5.41, 5.74) is 6.99. The van der Waals surface area contributed by atoms with Crippen molar-refractivity contribution in [1.82, 2.24) is 4.98 Å². The summed E-state index contributed by atoms with van der Waals surface area (Å²) in [4.78, 5) is 5.09. The van der Waals surface area contributed by atoms with Crippen molar-refractivity contribution in [3.63, 3.8) is 0 Å². The van der Waals surface area contributed by atoms with E-state index in [0.29, 0.717) is 0 Å². The molecule has 0 aliphatic rings. The predicted molar refractivity (Wildman–Crippen MR) is 68.3 cm³/mol. The fraction of sp³-hybridized carbons (Fsp3) is 0.154. The van der Waals surface area contributed by atoms with Crippen LogP contribution >= 0.6 is 11.8 Å². The summed E-state index contributed by atoms with van der Waals surface area (Å²) in [6.45, 7) is 0. The fourth-order valence-corrected chi connectivity index (χ4v) is 2.31. The Morgan fingerprint density at radius 2 is 1.76 bits per heavy atom. The van der Waals surface area contributed by atoms with Gasteiger partial charge in [0.1, 0.15) is 5.82 Å². The molecule has 4 heteroatoms. The third kappa shape index (κ3) is 3.54. The summed E-state index contributed by atoms with van der Waals surface area (Å²) in [6, 6.07) is 10.1. The van der Waals surface area contributed by atoms with Crippen molar-refractivity contribution in [1.29, 1.82) is 0 Å². The second kappa shape index (κ2) is 5.80. The summed E-state index contributed by atoms with van der Waals surface area (Å²) >= 11 is 1.67. The summed E-state index contributed by atoms with van der Waals surface area (Å²) in [6.07, 6.45) is 3.51. The Kier molecular flexibility index (Phi) is 4.12. The minimum atomic E-state index is -0.234. The van der Waals surface area contributed by atoms with Crippen LogP contribution in [0, 0.1) is 5.82 Å². The molecule has 0 saturated carbocycles. The minimum Gasteiger partial charge on any atom is -0.323 e. The molecular formula is C13H13FN2S.